The molecule has 1 aromatic rings. The van der Waals surface area contributed by atoms with E-state index in [9.17, 15) is 8.78 Å². The van der Waals surface area contributed by atoms with E-state index in [0.717, 1.165) is 0 Å². The van der Waals surface area contributed by atoms with Gasteiger partial charge in [0.2, 0.25) is 0 Å². The monoisotopic (exact) mass is 294 g/mol. The Labute approximate surface area is 100.0 Å². The van der Waals surface area contributed by atoms with Crippen molar-refractivity contribution < 1.29 is 8.78 Å². The Morgan fingerprint density at radius 3 is 2.67 bits per heavy atom. The summed E-state index contributed by atoms with van der Waals surface area (Å²) >= 11 is 8.07. The van der Waals surface area contributed by atoms with E-state index in [1.165, 1.54) is 0 Å². The number of alkyl halides is 2. The lowest BCUT2D eigenvalue weighted by Crippen LogP contribution is -2.12. The molecule has 0 amide bonds. The van der Waals surface area contributed by atoms with Crippen LogP contribution in [0.4, 0.5) is 14.5 Å². The lowest BCUT2D eigenvalue weighted by molar-refractivity contribution is 0.163. The number of rotatable bonds is 4. The zero-order valence-electron chi connectivity index (χ0n) is 7.64. The van der Waals surface area contributed by atoms with Crippen LogP contribution in [-0.4, -0.2) is 18.0 Å². The summed E-state index contributed by atoms with van der Waals surface area (Å²) in [6.45, 7) is -0.376. The second-order valence-corrected chi connectivity index (χ2v) is 4.13. The van der Waals surface area contributed by atoms with Crippen LogP contribution < -0.4 is 11.1 Å². The number of anilines is 1. The minimum Gasteiger partial charge on any atom is -0.389 e. The Morgan fingerprint density at radius 2 is 2.20 bits per heavy atom. The number of hydrogen-bond donors (Lipinski definition) is 2. The van der Waals surface area contributed by atoms with Gasteiger partial charge in [-0.2, -0.15) is 0 Å². The van der Waals surface area contributed by atoms with E-state index in [1.807, 2.05) is 0 Å². The third kappa shape index (κ3) is 3.71. The first-order valence-corrected chi connectivity index (χ1v) is 5.32. The van der Waals surface area contributed by atoms with Crippen molar-refractivity contribution in [3.8, 4) is 0 Å². The normalized spacial score (nSPS) is 10.4. The van der Waals surface area contributed by atoms with Gasteiger partial charge in [0.15, 0.2) is 0 Å². The van der Waals surface area contributed by atoms with Crippen LogP contribution in [0, 0.1) is 0 Å². The van der Waals surface area contributed by atoms with Crippen molar-refractivity contribution in [2.24, 2.45) is 5.73 Å². The van der Waals surface area contributed by atoms with Gasteiger partial charge in [0.25, 0.3) is 6.43 Å². The van der Waals surface area contributed by atoms with E-state index in [0.29, 0.717) is 15.7 Å². The molecule has 82 valence electrons. The maximum Gasteiger partial charge on any atom is 0.255 e. The topological polar surface area (TPSA) is 38.0 Å². The van der Waals surface area contributed by atoms with E-state index in [1.54, 1.807) is 18.2 Å². The molecule has 0 heterocycles. The number of hydrogen-bond acceptors (Lipinski definition) is 2. The van der Waals surface area contributed by atoms with Gasteiger partial charge in [0.1, 0.15) is 4.99 Å². The first-order valence-electron chi connectivity index (χ1n) is 4.12. The van der Waals surface area contributed by atoms with Gasteiger partial charge in [0, 0.05) is 15.7 Å². The molecule has 0 saturated carbocycles. The molecule has 0 saturated heterocycles. The molecular weight excluding hydrogens is 286 g/mol. The molecule has 0 radical (unpaired) electrons. The molecule has 0 fully saturated rings. The summed E-state index contributed by atoms with van der Waals surface area (Å²) in [6, 6.07) is 5.00. The van der Waals surface area contributed by atoms with Gasteiger partial charge >= 0.3 is 0 Å². The molecule has 0 bridgehead atoms. The van der Waals surface area contributed by atoms with Gasteiger partial charge in [-0.1, -0.05) is 12.2 Å². The minimum atomic E-state index is -2.38. The van der Waals surface area contributed by atoms with Gasteiger partial charge in [-0.15, -0.1) is 0 Å². The van der Waals surface area contributed by atoms with Crippen LogP contribution in [0.15, 0.2) is 22.7 Å². The quantitative estimate of drug-likeness (QED) is 0.839. The molecule has 0 spiro atoms. The SMILES string of the molecule is NC(=S)c1ccc(NCC(F)F)cc1Br. The fourth-order valence-corrected chi connectivity index (χ4v) is 1.92. The summed E-state index contributed by atoms with van der Waals surface area (Å²) in [5, 5.41) is 2.59. The molecule has 0 aliphatic heterocycles. The molecule has 1 aromatic carbocycles. The lowest BCUT2D eigenvalue weighted by Gasteiger charge is -2.08. The maximum absolute atomic E-state index is 11.9. The van der Waals surface area contributed by atoms with Crippen molar-refractivity contribution in [3.63, 3.8) is 0 Å². The van der Waals surface area contributed by atoms with Crippen molar-refractivity contribution in [1.29, 1.82) is 0 Å². The average Bonchev–Trinajstić information content (AvgIpc) is 2.14. The van der Waals surface area contributed by atoms with Crippen LogP contribution in [0.3, 0.4) is 0 Å². The van der Waals surface area contributed by atoms with Crippen LogP contribution in [0.2, 0.25) is 0 Å². The zero-order valence-corrected chi connectivity index (χ0v) is 10.0. The molecule has 0 aromatic heterocycles. The highest BCUT2D eigenvalue weighted by Crippen LogP contribution is 2.21. The summed E-state index contributed by atoms with van der Waals surface area (Å²) in [7, 11) is 0. The Bertz CT molecular complexity index is 371. The van der Waals surface area contributed by atoms with Crippen molar-refractivity contribution in [3.05, 3.63) is 28.2 Å². The molecule has 3 N–H and O–H groups in total. The molecule has 0 aliphatic rings. The number of halogens is 3. The Balaban J connectivity index is 2.78. The lowest BCUT2D eigenvalue weighted by atomic mass is 10.2. The summed E-state index contributed by atoms with van der Waals surface area (Å²) in [4.78, 5) is 0.266. The largest absolute Gasteiger partial charge is 0.389 e. The van der Waals surface area contributed by atoms with E-state index >= 15 is 0 Å². The van der Waals surface area contributed by atoms with Gasteiger partial charge in [-0.25, -0.2) is 8.78 Å². The van der Waals surface area contributed by atoms with E-state index in [4.69, 9.17) is 18.0 Å². The van der Waals surface area contributed by atoms with Crippen molar-refractivity contribution in [2.45, 2.75) is 6.43 Å². The van der Waals surface area contributed by atoms with Crippen LogP contribution in [0.1, 0.15) is 5.56 Å². The molecule has 2 nitrogen and oxygen atoms in total. The highest BCUT2D eigenvalue weighted by Gasteiger charge is 2.05. The van der Waals surface area contributed by atoms with Crippen LogP contribution >= 0.6 is 28.1 Å². The maximum atomic E-state index is 11.9. The predicted molar refractivity (Wildman–Crippen MR) is 64.5 cm³/mol. The minimum absolute atomic E-state index is 0.266. The van der Waals surface area contributed by atoms with Gasteiger partial charge in [-0.3, -0.25) is 0 Å². The first kappa shape index (κ1) is 12.3. The molecule has 6 heteroatoms. The third-order valence-corrected chi connectivity index (χ3v) is 2.57. The van der Waals surface area contributed by atoms with Crippen molar-refractivity contribution in [1.82, 2.24) is 0 Å². The molecule has 1 rings (SSSR count). The van der Waals surface area contributed by atoms with Crippen molar-refractivity contribution >= 4 is 38.8 Å². The fourth-order valence-electron chi connectivity index (χ4n) is 1.02. The Hall–Kier alpha value is -0.750. The van der Waals surface area contributed by atoms with Crippen LogP contribution in [0.5, 0.6) is 0 Å². The van der Waals surface area contributed by atoms with E-state index in [-0.39, 0.29) is 11.5 Å². The standard InChI is InChI=1S/C9H9BrF2N2S/c10-7-3-5(14-4-8(11)12)1-2-6(7)9(13)15/h1-3,8,14H,4H2,(H2,13,15). The predicted octanol–water partition coefficient (Wildman–Crippen LogP) is 2.76. The third-order valence-electron chi connectivity index (χ3n) is 1.70. The smallest absolute Gasteiger partial charge is 0.255 e. The molecule has 0 unspecified atom stereocenters. The number of nitrogens with one attached hydrogen (secondary N) is 1. The summed E-state index contributed by atoms with van der Waals surface area (Å²) in [5.41, 5.74) is 6.73. The zero-order chi connectivity index (χ0) is 11.4. The van der Waals surface area contributed by atoms with E-state index in [2.05, 4.69) is 21.2 Å². The highest BCUT2D eigenvalue weighted by molar-refractivity contribution is 9.10. The number of nitrogens with two attached hydrogens (primary N) is 1. The van der Waals surface area contributed by atoms with Crippen molar-refractivity contribution in [2.75, 3.05) is 11.9 Å². The molecule has 0 atom stereocenters. The summed E-state index contributed by atoms with van der Waals surface area (Å²) in [5.74, 6) is 0. The highest BCUT2D eigenvalue weighted by atomic mass is 79.9. The van der Waals surface area contributed by atoms with E-state index < -0.39 is 6.43 Å². The molecule has 0 aliphatic carbocycles. The second kappa shape index (κ2) is 5.37. The van der Waals surface area contributed by atoms with Crippen LogP contribution in [-0.2, 0) is 0 Å². The van der Waals surface area contributed by atoms with Crippen LogP contribution in [0.25, 0.3) is 0 Å². The van der Waals surface area contributed by atoms with Gasteiger partial charge in [0.05, 0.1) is 6.54 Å². The Morgan fingerprint density at radius 1 is 1.53 bits per heavy atom. The summed E-state index contributed by atoms with van der Waals surface area (Å²) in [6.07, 6.45) is -2.38. The second-order valence-electron chi connectivity index (χ2n) is 2.83. The van der Waals surface area contributed by atoms with Gasteiger partial charge in [-0.05, 0) is 34.1 Å². The molecule has 15 heavy (non-hydrogen) atoms. The Kier molecular flexibility index (Phi) is 4.41. The number of benzene rings is 1. The van der Waals surface area contributed by atoms with Gasteiger partial charge < -0.3 is 11.1 Å². The summed E-state index contributed by atoms with van der Waals surface area (Å²) < 4.78 is 24.5. The average molecular weight is 295 g/mol. The number of thiocarbonyl (C=S) groups is 1. The molecular formula is C9H9BrF2N2S. The first-order chi connectivity index (χ1) is 7.00. The fraction of sp³-hybridized carbons (Fsp3) is 0.222.